The number of aromatic nitrogens is 3. The summed E-state index contributed by atoms with van der Waals surface area (Å²) in [5.41, 5.74) is 12.8. The lowest BCUT2D eigenvalue weighted by Gasteiger charge is -2.16. The molecule has 3 heterocycles. The van der Waals surface area contributed by atoms with Crippen molar-refractivity contribution in [1.29, 1.82) is 10.5 Å². The van der Waals surface area contributed by atoms with Gasteiger partial charge in [0, 0.05) is 49.3 Å². The monoisotopic (exact) mass is 699 g/mol. The third kappa shape index (κ3) is 4.51. The van der Waals surface area contributed by atoms with Crippen molar-refractivity contribution in [3.8, 4) is 40.3 Å². The highest BCUT2D eigenvalue weighted by Crippen LogP contribution is 2.39. The zero-order valence-electron chi connectivity index (χ0n) is 29.5. The average molecular weight is 700 g/mol. The van der Waals surface area contributed by atoms with E-state index in [0.29, 0.717) is 11.1 Å². The summed E-state index contributed by atoms with van der Waals surface area (Å²) in [7, 11) is 0. The summed E-state index contributed by atoms with van der Waals surface area (Å²) in [6, 6.07) is 66.0. The fraction of sp³-hybridized carbons (Fsp3) is 0. The lowest BCUT2D eigenvalue weighted by molar-refractivity contribution is 1.15. The highest BCUT2D eigenvalue weighted by atomic mass is 15.0. The number of para-hydroxylation sites is 4. The molecule has 0 amide bonds. The van der Waals surface area contributed by atoms with Crippen LogP contribution in [-0.4, -0.2) is 13.7 Å². The van der Waals surface area contributed by atoms with Crippen LogP contribution in [0.4, 0.5) is 0 Å². The van der Waals surface area contributed by atoms with Crippen LogP contribution in [0.5, 0.6) is 0 Å². The maximum absolute atomic E-state index is 10.0. The van der Waals surface area contributed by atoms with E-state index in [0.717, 1.165) is 61.0 Å². The maximum atomic E-state index is 10.0. The second kappa shape index (κ2) is 11.8. The largest absolute Gasteiger partial charge is 0.309 e. The SMILES string of the molecule is N#Cc1ccc(-n2c3ccccc3c3ccc(C#N)cc32)c(-c2ccc(-n3c4ccccc4c4ccc(-n5c6ccccc6c6ccccc65)cc43)cc2)c1. The summed E-state index contributed by atoms with van der Waals surface area (Å²) in [5, 5.41) is 26.9. The van der Waals surface area contributed by atoms with Gasteiger partial charge in [0.2, 0.25) is 0 Å². The number of benzene rings is 8. The average Bonchev–Trinajstić information content (AvgIpc) is 3.88. The van der Waals surface area contributed by atoms with E-state index in [1.807, 2.05) is 48.5 Å². The van der Waals surface area contributed by atoms with Crippen molar-refractivity contribution in [1.82, 2.24) is 13.7 Å². The molecule has 0 saturated carbocycles. The van der Waals surface area contributed by atoms with Crippen LogP contribution >= 0.6 is 0 Å². The Morgan fingerprint density at radius 3 is 1.31 bits per heavy atom. The van der Waals surface area contributed by atoms with Gasteiger partial charge in [0.1, 0.15) is 0 Å². The van der Waals surface area contributed by atoms with Crippen LogP contribution < -0.4 is 0 Å². The van der Waals surface area contributed by atoms with E-state index >= 15 is 0 Å². The first-order valence-electron chi connectivity index (χ1n) is 18.3. The minimum Gasteiger partial charge on any atom is -0.309 e. The predicted octanol–water partition coefficient (Wildman–Crippen LogP) is 12.4. The van der Waals surface area contributed by atoms with Crippen molar-refractivity contribution < 1.29 is 0 Å². The Morgan fingerprint density at radius 1 is 0.327 bits per heavy atom. The molecule has 5 heteroatoms. The molecular formula is C50H29N5. The molecule has 0 unspecified atom stereocenters. The number of hydrogen-bond donors (Lipinski definition) is 0. The number of nitrogens with zero attached hydrogens (tertiary/aromatic N) is 5. The van der Waals surface area contributed by atoms with Crippen molar-refractivity contribution in [2.24, 2.45) is 0 Å². The summed E-state index contributed by atoms with van der Waals surface area (Å²) in [5.74, 6) is 0. The zero-order chi connectivity index (χ0) is 36.6. The van der Waals surface area contributed by atoms with Crippen molar-refractivity contribution >= 4 is 65.4 Å². The molecule has 55 heavy (non-hydrogen) atoms. The van der Waals surface area contributed by atoms with Crippen LogP contribution in [0, 0.1) is 22.7 Å². The quantitative estimate of drug-likeness (QED) is 0.184. The summed E-state index contributed by atoms with van der Waals surface area (Å²) < 4.78 is 6.95. The topological polar surface area (TPSA) is 62.4 Å². The zero-order valence-corrected chi connectivity index (χ0v) is 29.5. The Labute approximate surface area is 316 Å². The van der Waals surface area contributed by atoms with Crippen LogP contribution in [0.15, 0.2) is 176 Å². The lowest BCUT2D eigenvalue weighted by Crippen LogP contribution is -1.99. The molecule has 0 saturated heterocycles. The summed E-state index contributed by atoms with van der Waals surface area (Å²) >= 11 is 0. The van der Waals surface area contributed by atoms with Gasteiger partial charge in [0.25, 0.3) is 0 Å². The van der Waals surface area contributed by atoms with Crippen LogP contribution in [-0.2, 0) is 0 Å². The van der Waals surface area contributed by atoms with Crippen molar-refractivity contribution in [3.63, 3.8) is 0 Å². The number of rotatable bonds is 4. The van der Waals surface area contributed by atoms with Gasteiger partial charge in [-0.05, 0) is 84.4 Å². The Kier molecular flexibility index (Phi) is 6.61. The van der Waals surface area contributed by atoms with E-state index in [-0.39, 0.29) is 0 Å². The molecule has 0 spiro atoms. The first kappa shape index (κ1) is 30.7. The molecule has 0 aliphatic carbocycles. The van der Waals surface area contributed by atoms with Gasteiger partial charge < -0.3 is 13.7 Å². The summed E-state index contributed by atoms with van der Waals surface area (Å²) in [6.07, 6.45) is 0. The fourth-order valence-corrected chi connectivity index (χ4v) is 8.70. The summed E-state index contributed by atoms with van der Waals surface area (Å²) in [4.78, 5) is 0. The molecule has 0 radical (unpaired) electrons. The van der Waals surface area contributed by atoms with Gasteiger partial charge in [-0.2, -0.15) is 10.5 Å². The highest BCUT2D eigenvalue weighted by Gasteiger charge is 2.19. The molecule has 0 aliphatic rings. The molecule has 5 nitrogen and oxygen atoms in total. The minimum absolute atomic E-state index is 0.585. The molecule has 254 valence electrons. The number of nitriles is 2. The standard InChI is InChI=1S/C50H29N5/c51-30-32-18-26-48(55-47-16-8-4-12-40(47)41-24-17-33(31-52)28-49(41)55)43(27-32)34-19-21-35(22-20-34)53-44-13-5-3-11-39(44)42-25-23-36(29-50(42)53)54-45-14-6-1-9-37(45)38-10-2-7-15-46(38)54/h1-29H. The molecule has 8 aromatic carbocycles. The molecular weight excluding hydrogens is 671 g/mol. The van der Waals surface area contributed by atoms with Gasteiger partial charge >= 0.3 is 0 Å². The highest BCUT2D eigenvalue weighted by molar-refractivity contribution is 6.12. The number of fused-ring (bicyclic) bond motifs is 9. The van der Waals surface area contributed by atoms with Crippen LogP contribution in [0.25, 0.3) is 93.6 Å². The van der Waals surface area contributed by atoms with E-state index in [2.05, 4.69) is 153 Å². The van der Waals surface area contributed by atoms with Gasteiger partial charge in [-0.15, -0.1) is 0 Å². The molecule has 3 aromatic heterocycles. The molecule has 0 N–H and O–H groups in total. The first-order chi connectivity index (χ1) is 27.2. The van der Waals surface area contributed by atoms with Crippen molar-refractivity contribution in [2.75, 3.05) is 0 Å². The predicted molar refractivity (Wildman–Crippen MR) is 224 cm³/mol. The molecule has 0 fully saturated rings. The third-order valence-corrected chi connectivity index (χ3v) is 11.1. The molecule has 0 aliphatic heterocycles. The van der Waals surface area contributed by atoms with Crippen LogP contribution in [0.3, 0.4) is 0 Å². The van der Waals surface area contributed by atoms with Crippen LogP contribution in [0.1, 0.15) is 11.1 Å². The van der Waals surface area contributed by atoms with E-state index < -0.39 is 0 Å². The van der Waals surface area contributed by atoms with Gasteiger partial charge in [-0.3, -0.25) is 0 Å². The van der Waals surface area contributed by atoms with E-state index in [1.165, 1.54) is 32.6 Å². The summed E-state index contributed by atoms with van der Waals surface area (Å²) in [6.45, 7) is 0. The second-order valence-corrected chi connectivity index (χ2v) is 14.0. The molecule has 0 bridgehead atoms. The Morgan fingerprint density at radius 2 is 0.745 bits per heavy atom. The molecule has 11 aromatic rings. The first-order valence-corrected chi connectivity index (χ1v) is 18.3. The van der Waals surface area contributed by atoms with E-state index in [9.17, 15) is 10.5 Å². The fourth-order valence-electron chi connectivity index (χ4n) is 8.70. The third-order valence-electron chi connectivity index (χ3n) is 11.1. The smallest absolute Gasteiger partial charge is 0.0992 e. The Balaban J connectivity index is 1.11. The van der Waals surface area contributed by atoms with Gasteiger partial charge in [0.15, 0.2) is 0 Å². The van der Waals surface area contributed by atoms with Gasteiger partial charge in [0.05, 0.1) is 62.1 Å². The van der Waals surface area contributed by atoms with Crippen molar-refractivity contribution in [3.05, 3.63) is 187 Å². The van der Waals surface area contributed by atoms with Crippen LogP contribution in [0.2, 0.25) is 0 Å². The van der Waals surface area contributed by atoms with E-state index in [4.69, 9.17) is 0 Å². The van der Waals surface area contributed by atoms with E-state index in [1.54, 1.807) is 0 Å². The van der Waals surface area contributed by atoms with Gasteiger partial charge in [-0.25, -0.2) is 0 Å². The Hall–Kier alpha value is -7.86. The number of hydrogen-bond acceptors (Lipinski definition) is 2. The normalized spacial score (nSPS) is 11.6. The van der Waals surface area contributed by atoms with Crippen molar-refractivity contribution in [2.45, 2.75) is 0 Å². The second-order valence-electron chi connectivity index (χ2n) is 14.0. The minimum atomic E-state index is 0.585. The van der Waals surface area contributed by atoms with Gasteiger partial charge in [-0.1, -0.05) is 97.1 Å². The maximum Gasteiger partial charge on any atom is 0.0992 e. The molecule has 0 atom stereocenters. The lowest BCUT2D eigenvalue weighted by atomic mass is 10.00. The molecule has 11 rings (SSSR count). The Bertz CT molecular complexity index is 3400.